The minimum Gasteiger partial charge on any atom is -0.492 e. The molecule has 0 heterocycles. The lowest BCUT2D eigenvalue weighted by Crippen LogP contribution is -2.17. The monoisotopic (exact) mass is 384 g/mol. The number of nitrogens with one attached hydrogen (secondary N) is 2. The molecule has 2 rings (SSSR count). The highest BCUT2D eigenvalue weighted by Crippen LogP contribution is 2.37. The standard InChI is InChI=1S/C21H24N2O5/c1-4-27-18-13-17(23-21(26)15-9-7-6-8-10-15)19(28-5-2)12-16(18)22-20(25)11-14(3)24/h6-10,12-13H,4-5,11H2,1-3H3,(H,22,25)(H,23,26). The molecule has 2 amide bonds. The van der Waals surface area contributed by atoms with Crippen LogP contribution in [0.3, 0.4) is 0 Å². The Morgan fingerprint density at radius 1 is 0.857 bits per heavy atom. The van der Waals surface area contributed by atoms with Crippen LogP contribution in [0.5, 0.6) is 11.5 Å². The maximum atomic E-state index is 12.5. The van der Waals surface area contributed by atoms with Crippen LogP contribution in [0.2, 0.25) is 0 Å². The third kappa shape index (κ3) is 5.84. The fourth-order valence-corrected chi connectivity index (χ4v) is 2.51. The van der Waals surface area contributed by atoms with Crippen molar-refractivity contribution in [2.45, 2.75) is 27.2 Å². The van der Waals surface area contributed by atoms with Crippen LogP contribution in [0.25, 0.3) is 0 Å². The highest BCUT2D eigenvalue weighted by molar-refractivity contribution is 6.06. The predicted molar refractivity (Wildman–Crippen MR) is 107 cm³/mol. The highest BCUT2D eigenvalue weighted by atomic mass is 16.5. The van der Waals surface area contributed by atoms with Crippen molar-refractivity contribution >= 4 is 29.0 Å². The number of anilines is 2. The lowest BCUT2D eigenvalue weighted by Gasteiger charge is -2.17. The van der Waals surface area contributed by atoms with E-state index in [1.165, 1.54) is 6.92 Å². The first-order valence-corrected chi connectivity index (χ1v) is 9.03. The molecule has 2 aromatic rings. The molecule has 0 aliphatic rings. The van der Waals surface area contributed by atoms with E-state index in [0.29, 0.717) is 41.7 Å². The van der Waals surface area contributed by atoms with E-state index in [1.807, 2.05) is 13.0 Å². The lowest BCUT2D eigenvalue weighted by atomic mass is 10.2. The van der Waals surface area contributed by atoms with Crippen molar-refractivity contribution in [2.24, 2.45) is 0 Å². The van der Waals surface area contributed by atoms with Gasteiger partial charge in [0.15, 0.2) is 0 Å². The van der Waals surface area contributed by atoms with Crippen LogP contribution in [-0.4, -0.2) is 30.8 Å². The molecule has 0 unspecified atom stereocenters. The summed E-state index contributed by atoms with van der Waals surface area (Å²) < 4.78 is 11.2. The molecule has 2 aromatic carbocycles. The first kappa shape index (κ1) is 21.0. The van der Waals surface area contributed by atoms with Gasteiger partial charge in [0.1, 0.15) is 17.3 Å². The van der Waals surface area contributed by atoms with Gasteiger partial charge in [-0.15, -0.1) is 0 Å². The van der Waals surface area contributed by atoms with E-state index in [0.717, 1.165) is 0 Å². The second-order valence-corrected chi connectivity index (χ2v) is 5.96. The van der Waals surface area contributed by atoms with Gasteiger partial charge in [0.25, 0.3) is 5.91 Å². The summed E-state index contributed by atoms with van der Waals surface area (Å²) in [7, 11) is 0. The average molecular weight is 384 g/mol. The van der Waals surface area contributed by atoms with Crippen LogP contribution < -0.4 is 20.1 Å². The molecule has 0 spiro atoms. The van der Waals surface area contributed by atoms with Gasteiger partial charge in [-0.25, -0.2) is 0 Å². The first-order chi connectivity index (χ1) is 13.4. The summed E-state index contributed by atoms with van der Waals surface area (Å²) in [4.78, 5) is 35.7. The Morgan fingerprint density at radius 2 is 1.39 bits per heavy atom. The van der Waals surface area contributed by atoms with Gasteiger partial charge in [-0.2, -0.15) is 0 Å². The zero-order chi connectivity index (χ0) is 20.5. The summed E-state index contributed by atoms with van der Waals surface area (Å²) in [6.45, 7) is 5.68. The summed E-state index contributed by atoms with van der Waals surface area (Å²) in [5.41, 5.74) is 1.29. The van der Waals surface area contributed by atoms with Gasteiger partial charge < -0.3 is 20.1 Å². The molecule has 0 saturated heterocycles. The maximum absolute atomic E-state index is 12.5. The summed E-state index contributed by atoms with van der Waals surface area (Å²) in [6.07, 6.45) is -0.234. The summed E-state index contributed by atoms with van der Waals surface area (Å²) in [6, 6.07) is 12.0. The smallest absolute Gasteiger partial charge is 0.255 e. The molecule has 7 nitrogen and oxygen atoms in total. The van der Waals surface area contributed by atoms with Crippen LogP contribution >= 0.6 is 0 Å². The molecule has 0 aromatic heterocycles. The minimum absolute atomic E-state index is 0.234. The molecule has 0 radical (unpaired) electrons. The molecule has 28 heavy (non-hydrogen) atoms. The molecule has 7 heteroatoms. The number of carbonyl (C=O) groups is 3. The van der Waals surface area contributed by atoms with E-state index in [2.05, 4.69) is 10.6 Å². The quantitative estimate of drug-likeness (QED) is 0.644. The average Bonchev–Trinajstić information content (AvgIpc) is 2.65. The Kier molecular flexibility index (Phi) is 7.56. The van der Waals surface area contributed by atoms with Crippen molar-refractivity contribution in [3.8, 4) is 11.5 Å². The Balaban J connectivity index is 2.36. The van der Waals surface area contributed by atoms with Crippen molar-refractivity contribution in [3.05, 3.63) is 48.0 Å². The zero-order valence-corrected chi connectivity index (χ0v) is 16.2. The lowest BCUT2D eigenvalue weighted by molar-refractivity contribution is -0.124. The van der Waals surface area contributed by atoms with E-state index in [4.69, 9.17) is 9.47 Å². The Bertz CT molecular complexity index is 849. The molecular weight excluding hydrogens is 360 g/mol. The van der Waals surface area contributed by atoms with Crippen LogP contribution in [0.15, 0.2) is 42.5 Å². The minimum atomic E-state index is -0.447. The predicted octanol–water partition coefficient (Wildman–Crippen LogP) is 3.65. The van der Waals surface area contributed by atoms with Crippen LogP contribution in [-0.2, 0) is 9.59 Å². The second kappa shape index (κ2) is 10.1. The van der Waals surface area contributed by atoms with Gasteiger partial charge in [-0.3, -0.25) is 14.4 Å². The molecule has 0 bridgehead atoms. The number of carbonyl (C=O) groups excluding carboxylic acids is 3. The first-order valence-electron chi connectivity index (χ1n) is 9.03. The van der Waals surface area contributed by atoms with Gasteiger partial charge >= 0.3 is 0 Å². The van der Waals surface area contributed by atoms with Crippen molar-refractivity contribution < 1.29 is 23.9 Å². The van der Waals surface area contributed by atoms with E-state index in [-0.39, 0.29) is 18.1 Å². The molecule has 148 valence electrons. The molecule has 2 N–H and O–H groups in total. The van der Waals surface area contributed by atoms with Gasteiger partial charge in [0.05, 0.1) is 31.0 Å². The number of hydrogen-bond donors (Lipinski definition) is 2. The number of amides is 2. The number of benzene rings is 2. The van der Waals surface area contributed by atoms with E-state index in [1.54, 1.807) is 43.3 Å². The SMILES string of the molecule is CCOc1cc(NC(=O)c2ccccc2)c(OCC)cc1NC(=O)CC(C)=O. The van der Waals surface area contributed by atoms with Gasteiger partial charge in [-0.05, 0) is 32.9 Å². The third-order valence-electron chi connectivity index (χ3n) is 3.65. The van der Waals surface area contributed by atoms with Crippen molar-refractivity contribution in [3.63, 3.8) is 0 Å². The molecule has 0 atom stereocenters. The zero-order valence-electron chi connectivity index (χ0n) is 16.2. The van der Waals surface area contributed by atoms with E-state index < -0.39 is 5.91 Å². The van der Waals surface area contributed by atoms with Crippen LogP contribution in [0.4, 0.5) is 11.4 Å². The summed E-state index contributed by atoms with van der Waals surface area (Å²) >= 11 is 0. The fourth-order valence-electron chi connectivity index (χ4n) is 2.51. The number of Topliss-reactive ketones (excluding diaryl/α,β-unsaturated/α-hetero) is 1. The molecule has 0 saturated carbocycles. The van der Waals surface area contributed by atoms with Gasteiger partial charge in [-0.1, -0.05) is 18.2 Å². The Labute approximate surface area is 164 Å². The second-order valence-electron chi connectivity index (χ2n) is 5.96. The molecule has 0 aliphatic heterocycles. The van der Waals surface area contributed by atoms with E-state index in [9.17, 15) is 14.4 Å². The molecule has 0 fully saturated rings. The van der Waals surface area contributed by atoms with Crippen LogP contribution in [0.1, 0.15) is 37.6 Å². The molecular formula is C21H24N2O5. The normalized spacial score (nSPS) is 10.1. The summed E-state index contributed by atoms with van der Waals surface area (Å²) in [5.74, 6) is -0.235. The number of ketones is 1. The topological polar surface area (TPSA) is 93.7 Å². The Morgan fingerprint density at radius 3 is 1.89 bits per heavy atom. The number of ether oxygens (including phenoxy) is 2. The van der Waals surface area contributed by atoms with Crippen molar-refractivity contribution in [1.29, 1.82) is 0 Å². The van der Waals surface area contributed by atoms with Gasteiger partial charge in [0.2, 0.25) is 5.91 Å². The maximum Gasteiger partial charge on any atom is 0.255 e. The largest absolute Gasteiger partial charge is 0.492 e. The third-order valence-corrected chi connectivity index (χ3v) is 3.65. The number of hydrogen-bond acceptors (Lipinski definition) is 5. The van der Waals surface area contributed by atoms with E-state index >= 15 is 0 Å². The van der Waals surface area contributed by atoms with Crippen LogP contribution in [0, 0.1) is 0 Å². The van der Waals surface area contributed by atoms with Crippen molar-refractivity contribution in [2.75, 3.05) is 23.8 Å². The van der Waals surface area contributed by atoms with Crippen molar-refractivity contribution in [1.82, 2.24) is 0 Å². The van der Waals surface area contributed by atoms with Gasteiger partial charge in [0, 0.05) is 17.7 Å². The number of rotatable bonds is 9. The highest BCUT2D eigenvalue weighted by Gasteiger charge is 2.17. The Hall–Kier alpha value is -3.35. The molecule has 0 aliphatic carbocycles. The fraction of sp³-hybridized carbons (Fsp3) is 0.286. The summed E-state index contributed by atoms with van der Waals surface area (Å²) in [5, 5.41) is 5.47.